The zero-order valence-electron chi connectivity index (χ0n) is 8.16. The summed E-state index contributed by atoms with van der Waals surface area (Å²) in [5, 5.41) is 0. The zero-order valence-corrected chi connectivity index (χ0v) is 8.16. The van der Waals surface area contributed by atoms with E-state index in [0.717, 1.165) is 0 Å². The molecule has 2 saturated carbocycles. The van der Waals surface area contributed by atoms with E-state index in [0.29, 0.717) is 24.5 Å². The van der Waals surface area contributed by atoms with Gasteiger partial charge in [0.15, 0.2) is 0 Å². The van der Waals surface area contributed by atoms with Gasteiger partial charge in [-0.15, -0.1) is 0 Å². The third-order valence-electron chi connectivity index (χ3n) is 3.65. The van der Waals surface area contributed by atoms with Crippen molar-refractivity contribution in [1.29, 1.82) is 0 Å². The molecule has 3 nitrogen and oxygen atoms in total. The average molecular weight is 184 g/mol. The smallest absolute Gasteiger partial charge is 0.315 e. The van der Waals surface area contributed by atoms with Crippen LogP contribution >= 0.6 is 0 Å². The fourth-order valence-electron chi connectivity index (χ4n) is 3.02. The molecule has 4 unspecified atom stereocenters. The molecular formula is C10H18NO2+. The molecule has 3 N–H and O–H groups in total. The van der Waals surface area contributed by atoms with Gasteiger partial charge < -0.3 is 10.5 Å². The lowest BCUT2D eigenvalue weighted by atomic mass is 9.85. The molecule has 2 aliphatic rings. The van der Waals surface area contributed by atoms with E-state index in [1.165, 1.54) is 19.3 Å². The summed E-state index contributed by atoms with van der Waals surface area (Å²) in [6, 6.07) is 0.317. The molecule has 0 spiro atoms. The molecule has 0 aromatic rings. The third kappa shape index (κ3) is 1.35. The highest BCUT2D eigenvalue weighted by Crippen LogP contribution is 2.47. The highest BCUT2D eigenvalue weighted by atomic mass is 16.5. The summed E-state index contributed by atoms with van der Waals surface area (Å²) in [4.78, 5) is 11.6. The topological polar surface area (TPSA) is 53.9 Å². The zero-order chi connectivity index (χ0) is 9.42. The summed E-state index contributed by atoms with van der Waals surface area (Å²) >= 11 is 0. The van der Waals surface area contributed by atoms with Crippen LogP contribution in [0.4, 0.5) is 0 Å². The maximum Gasteiger partial charge on any atom is 0.315 e. The van der Waals surface area contributed by atoms with E-state index >= 15 is 0 Å². The molecule has 0 amide bonds. The quantitative estimate of drug-likeness (QED) is 0.623. The number of carbonyl (C=O) groups is 1. The van der Waals surface area contributed by atoms with Crippen LogP contribution in [-0.2, 0) is 9.53 Å². The average Bonchev–Trinajstić information content (AvgIpc) is 2.63. The van der Waals surface area contributed by atoms with Gasteiger partial charge in [0.2, 0.25) is 0 Å². The molecule has 0 aromatic carbocycles. The fraction of sp³-hybridized carbons (Fsp3) is 0.900. The molecule has 0 aromatic heterocycles. The highest BCUT2D eigenvalue weighted by Gasteiger charge is 2.52. The van der Waals surface area contributed by atoms with Crippen LogP contribution in [0.2, 0.25) is 0 Å². The minimum absolute atomic E-state index is 0.00491. The normalized spacial score (nSPS) is 42.3. The Morgan fingerprint density at radius 1 is 1.46 bits per heavy atom. The number of esters is 1. The first kappa shape index (κ1) is 9.00. The summed E-state index contributed by atoms with van der Waals surface area (Å²) in [5.74, 6) is 1.37. The van der Waals surface area contributed by atoms with Gasteiger partial charge in [0, 0.05) is 5.92 Å². The molecule has 0 radical (unpaired) electrons. The number of quaternary nitrogens is 1. The predicted octanol–water partition coefficient (Wildman–Crippen LogP) is 0.206. The minimum Gasteiger partial charge on any atom is -0.466 e. The van der Waals surface area contributed by atoms with E-state index in [1.54, 1.807) is 0 Å². The van der Waals surface area contributed by atoms with Crippen molar-refractivity contribution < 1.29 is 15.3 Å². The van der Waals surface area contributed by atoms with Gasteiger partial charge in [0.05, 0.1) is 6.61 Å². The Kier molecular flexibility index (Phi) is 2.28. The van der Waals surface area contributed by atoms with E-state index in [4.69, 9.17) is 4.74 Å². The van der Waals surface area contributed by atoms with E-state index < -0.39 is 0 Å². The van der Waals surface area contributed by atoms with Crippen molar-refractivity contribution in [2.75, 3.05) is 6.61 Å². The van der Waals surface area contributed by atoms with Crippen molar-refractivity contribution in [3.63, 3.8) is 0 Å². The lowest BCUT2D eigenvalue weighted by Crippen LogP contribution is -2.68. The van der Waals surface area contributed by atoms with Gasteiger partial charge in [-0.2, -0.15) is 0 Å². The van der Waals surface area contributed by atoms with Gasteiger partial charge >= 0.3 is 5.97 Å². The Balaban J connectivity index is 2.03. The van der Waals surface area contributed by atoms with Gasteiger partial charge in [0.1, 0.15) is 12.0 Å². The molecule has 0 aliphatic heterocycles. The van der Waals surface area contributed by atoms with Crippen LogP contribution < -0.4 is 5.73 Å². The molecule has 4 atom stereocenters. The van der Waals surface area contributed by atoms with Crippen LogP contribution in [0.5, 0.6) is 0 Å². The van der Waals surface area contributed by atoms with Gasteiger partial charge in [-0.05, 0) is 32.1 Å². The minimum atomic E-state index is -0.00491. The number of ether oxygens (including phenoxy) is 1. The second-order valence-electron chi connectivity index (χ2n) is 4.27. The standard InChI is InChI=1S/C10H17NO2/c1-2-13-10(12)8-6-3-4-7(5-6)9(8)11/h6-9H,2-5,11H2,1H3/p+1. The SMILES string of the molecule is CCOC(=O)C1C2CCC(C2)C1[NH3+]. The summed E-state index contributed by atoms with van der Waals surface area (Å²) in [5.41, 5.74) is 4.10. The molecule has 13 heavy (non-hydrogen) atoms. The second-order valence-corrected chi connectivity index (χ2v) is 4.27. The summed E-state index contributed by atoms with van der Waals surface area (Å²) in [7, 11) is 0. The van der Waals surface area contributed by atoms with E-state index in [9.17, 15) is 4.79 Å². The molecule has 2 rings (SSSR count). The largest absolute Gasteiger partial charge is 0.466 e. The molecule has 3 heteroatoms. The number of carbonyl (C=O) groups excluding carboxylic acids is 1. The van der Waals surface area contributed by atoms with Crippen molar-refractivity contribution in [2.24, 2.45) is 17.8 Å². The predicted molar refractivity (Wildman–Crippen MR) is 47.6 cm³/mol. The summed E-state index contributed by atoms with van der Waals surface area (Å²) in [6.07, 6.45) is 3.69. The lowest BCUT2D eigenvalue weighted by molar-refractivity contribution is -0.440. The number of hydrogen-bond donors (Lipinski definition) is 1. The van der Waals surface area contributed by atoms with Crippen molar-refractivity contribution in [3.05, 3.63) is 0 Å². The summed E-state index contributed by atoms with van der Waals surface area (Å²) < 4.78 is 5.07. The van der Waals surface area contributed by atoms with E-state index in [-0.39, 0.29) is 11.9 Å². The third-order valence-corrected chi connectivity index (χ3v) is 3.65. The number of hydrogen-bond acceptors (Lipinski definition) is 2. The van der Waals surface area contributed by atoms with Crippen molar-refractivity contribution in [2.45, 2.75) is 32.2 Å². The van der Waals surface area contributed by atoms with Crippen LogP contribution in [0.1, 0.15) is 26.2 Å². The first-order valence-corrected chi connectivity index (χ1v) is 5.23. The number of fused-ring (bicyclic) bond motifs is 2. The Hall–Kier alpha value is -0.570. The maximum atomic E-state index is 11.6. The second kappa shape index (κ2) is 3.29. The number of rotatable bonds is 2. The van der Waals surface area contributed by atoms with Crippen LogP contribution in [0.25, 0.3) is 0 Å². The van der Waals surface area contributed by atoms with E-state index in [2.05, 4.69) is 5.73 Å². The summed E-state index contributed by atoms with van der Waals surface area (Å²) in [6.45, 7) is 2.36. The van der Waals surface area contributed by atoms with Gasteiger partial charge in [-0.1, -0.05) is 0 Å². The van der Waals surface area contributed by atoms with Gasteiger partial charge in [-0.3, -0.25) is 4.79 Å². The Bertz CT molecular complexity index is 215. The van der Waals surface area contributed by atoms with Crippen LogP contribution in [0.3, 0.4) is 0 Å². The maximum absolute atomic E-state index is 11.6. The molecule has 0 saturated heterocycles. The van der Waals surface area contributed by atoms with Gasteiger partial charge in [0.25, 0.3) is 0 Å². The Morgan fingerprint density at radius 2 is 2.15 bits per heavy atom. The van der Waals surface area contributed by atoms with Gasteiger partial charge in [-0.25, -0.2) is 0 Å². The lowest BCUT2D eigenvalue weighted by Gasteiger charge is -2.23. The highest BCUT2D eigenvalue weighted by molar-refractivity contribution is 5.74. The molecule has 0 heterocycles. The molecule has 2 aliphatic carbocycles. The molecular weight excluding hydrogens is 166 g/mol. The first-order valence-electron chi connectivity index (χ1n) is 5.23. The van der Waals surface area contributed by atoms with Crippen LogP contribution in [-0.4, -0.2) is 18.6 Å². The Labute approximate surface area is 78.6 Å². The van der Waals surface area contributed by atoms with Crippen molar-refractivity contribution in [1.82, 2.24) is 0 Å². The first-order chi connectivity index (χ1) is 6.24. The monoisotopic (exact) mass is 184 g/mol. The molecule has 2 bridgehead atoms. The molecule has 74 valence electrons. The fourth-order valence-corrected chi connectivity index (χ4v) is 3.02. The van der Waals surface area contributed by atoms with Crippen LogP contribution in [0, 0.1) is 17.8 Å². The van der Waals surface area contributed by atoms with E-state index in [1.807, 2.05) is 6.92 Å². The Morgan fingerprint density at radius 3 is 2.69 bits per heavy atom. The van der Waals surface area contributed by atoms with Crippen molar-refractivity contribution >= 4 is 5.97 Å². The van der Waals surface area contributed by atoms with Crippen molar-refractivity contribution in [3.8, 4) is 0 Å². The molecule has 2 fully saturated rings. The van der Waals surface area contributed by atoms with Crippen LogP contribution in [0.15, 0.2) is 0 Å².